The molecule has 2 N–H and O–H groups in total. The zero-order chi connectivity index (χ0) is 16.1. The standard InChI is InChI=1S/C17H27NO4/c1-16(2,3)22-15(21)18-13-5-10-4-11-8-17(7-10,14(19)20)9-12(11)6-13/h10-13H,4-9H2,1-3H3,(H,18,21)(H,19,20). The number of rotatable bonds is 2. The van der Waals surface area contributed by atoms with Crippen molar-refractivity contribution in [3.8, 4) is 0 Å². The normalized spacial score (nSPS) is 40.1. The van der Waals surface area contributed by atoms with Gasteiger partial charge in [0.15, 0.2) is 0 Å². The predicted molar refractivity (Wildman–Crippen MR) is 81.4 cm³/mol. The van der Waals surface area contributed by atoms with Crippen molar-refractivity contribution in [1.82, 2.24) is 5.32 Å². The largest absolute Gasteiger partial charge is 0.481 e. The van der Waals surface area contributed by atoms with Crippen LogP contribution in [-0.2, 0) is 9.53 Å². The second-order valence-corrected chi connectivity index (χ2v) is 8.63. The van der Waals surface area contributed by atoms with E-state index in [4.69, 9.17) is 4.74 Å². The highest BCUT2D eigenvalue weighted by Gasteiger charge is 2.56. The summed E-state index contributed by atoms with van der Waals surface area (Å²) in [4.78, 5) is 23.7. The third-order valence-electron chi connectivity index (χ3n) is 5.67. The van der Waals surface area contributed by atoms with E-state index in [2.05, 4.69) is 5.32 Å². The maximum atomic E-state index is 12.0. The number of carboxylic acids is 1. The quantitative estimate of drug-likeness (QED) is 0.821. The zero-order valence-electron chi connectivity index (χ0n) is 13.7. The van der Waals surface area contributed by atoms with Crippen molar-refractivity contribution >= 4 is 12.1 Å². The van der Waals surface area contributed by atoms with Crippen LogP contribution < -0.4 is 5.32 Å². The highest BCUT2D eigenvalue weighted by molar-refractivity contribution is 5.75. The van der Waals surface area contributed by atoms with Crippen LogP contribution in [0.4, 0.5) is 4.79 Å². The highest BCUT2D eigenvalue weighted by Crippen LogP contribution is 2.60. The van der Waals surface area contributed by atoms with E-state index in [1.807, 2.05) is 20.8 Å². The van der Waals surface area contributed by atoms with Gasteiger partial charge in [0.2, 0.25) is 0 Å². The summed E-state index contributed by atoms with van der Waals surface area (Å²) in [6.45, 7) is 5.58. The van der Waals surface area contributed by atoms with Gasteiger partial charge in [-0.1, -0.05) is 0 Å². The summed E-state index contributed by atoms with van der Waals surface area (Å²) in [5, 5.41) is 12.6. The number of hydrogen-bond donors (Lipinski definition) is 2. The van der Waals surface area contributed by atoms with Crippen LogP contribution in [0.15, 0.2) is 0 Å². The van der Waals surface area contributed by atoms with Gasteiger partial charge in [0.25, 0.3) is 0 Å². The molecule has 0 aromatic carbocycles. The van der Waals surface area contributed by atoms with Gasteiger partial charge in [-0.3, -0.25) is 4.79 Å². The van der Waals surface area contributed by atoms with Gasteiger partial charge in [0.1, 0.15) is 5.60 Å². The highest BCUT2D eigenvalue weighted by atomic mass is 16.6. The van der Waals surface area contributed by atoms with Gasteiger partial charge in [-0.2, -0.15) is 0 Å². The fourth-order valence-corrected chi connectivity index (χ4v) is 5.10. The Morgan fingerprint density at radius 3 is 2.32 bits per heavy atom. The van der Waals surface area contributed by atoms with Crippen LogP contribution in [0.2, 0.25) is 0 Å². The summed E-state index contributed by atoms with van der Waals surface area (Å²) < 4.78 is 5.35. The molecule has 3 bridgehead atoms. The van der Waals surface area contributed by atoms with E-state index in [9.17, 15) is 14.7 Å². The molecule has 3 aliphatic rings. The molecule has 5 atom stereocenters. The summed E-state index contributed by atoms with van der Waals surface area (Å²) in [5.74, 6) is 0.773. The molecule has 3 saturated carbocycles. The maximum Gasteiger partial charge on any atom is 0.407 e. The van der Waals surface area contributed by atoms with Crippen molar-refractivity contribution in [3.63, 3.8) is 0 Å². The molecule has 0 aromatic heterocycles. The lowest BCUT2D eigenvalue weighted by Crippen LogP contribution is -2.42. The number of amides is 1. The molecule has 0 radical (unpaired) electrons. The number of carbonyl (C=O) groups is 2. The summed E-state index contributed by atoms with van der Waals surface area (Å²) in [5.41, 5.74) is -0.964. The van der Waals surface area contributed by atoms with Crippen LogP contribution in [0.25, 0.3) is 0 Å². The van der Waals surface area contributed by atoms with Gasteiger partial charge < -0.3 is 15.2 Å². The van der Waals surface area contributed by atoms with Gasteiger partial charge >= 0.3 is 12.1 Å². The fourth-order valence-electron chi connectivity index (χ4n) is 5.10. The molecule has 0 aromatic rings. The van der Waals surface area contributed by atoms with Crippen molar-refractivity contribution in [1.29, 1.82) is 0 Å². The van der Waals surface area contributed by atoms with E-state index in [0.717, 1.165) is 38.5 Å². The predicted octanol–water partition coefficient (Wildman–Crippen LogP) is 3.18. The molecule has 3 aliphatic carbocycles. The first-order valence-corrected chi connectivity index (χ1v) is 8.40. The van der Waals surface area contributed by atoms with E-state index in [1.54, 1.807) is 0 Å². The van der Waals surface area contributed by atoms with Crippen molar-refractivity contribution in [2.75, 3.05) is 0 Å². The van der Waals surface area contributed by atoms with Crippen LogP contribution >= 0.6 is 0 Å². The molecule has 1 amide bonds. The SMILES string of the molecule is CC(C)(C)OC(=O)NC1CC2CC3CC(C(=O)O)(C2)CC3C1. The van der Waals surface area contributed by atoms with Crippen molar-refractivity contribution in [2.24, 2.45) is 23.2 Å². The number of hydrogen-bond acceptors (Lipinski definition) is 3. The topological polar surface area (TPSA) is 75.6 Å². The molecule has 124 valence electrons. The first-order chi connectivity index (χ1) is 10.2. The molecule has 0 spiro atoms. The number of ether oxygens (including phenoxy) is 1. The molecule has 22 heavy (non-hydrogen) atoms. The van der Waals surface area contributed by atoms with Gasteiger partial charge in [0.05, 0.1) is 5.41 Å². The van der Waals surface area contributed by atoms with Gasteiger partial charge in [-0.05, 0) is 77.0 Å². The summed E-state index contributed by atoms with van der Waals surface area (Å²) in [7, 11) is 0. The summed E-state index contributed by atoms with van der Waals surface area (Å²) in [6.07, 6.45) is 4.97. The lowest BCUT2D eigenvalue weighted by atomic mass is 9.69. The van der Waals surface area contributed by atoms with E-state index in [0.29, 0.717) is 17.8 Å². The van der Waals surface area contributed by atoms with Gasteiger partial charge in [-0.25, -0.2) is 4.79 Å². The second-order valence-electron chi connectivity index (χ2n) is 8.63. The Bertz CT molecular complexity index is 480. The number of carbonyl (C=O) groups excluding carboxylic acids is 1. The number of fused-ring (bicyclic) bond motifs is 2. The third-order valence-corrected chi connectivity index (χ3v) is 5.67. The Morgan fingerprint density at radius 1 is 1.09 bits per heavy atom. The smallest absolute Gasteiger partial charge is 0.407 e. The number of aliphatic carboxylic acids is 1. The minimum Gasteiger partial charge on any atom is -0.481 e. The molecule has 5 heteroatoms. The van der Waals surface area contributed by atoms with Gasteiger partial charge in [0, 0.05) is 6.04 Å². The molecule has 0 heterocycles. The minimum absolute atomic E-state index is 0.125. The van der Waals surface area contributed by atoms with E-state index < -0.39 is 17.0 Å². The molecule has 3 fully saturated rings. The summed E-state index contributed by atoms with van der Waals surface area (Å²) >= 11 is 0. The Kier molecular flexibility index (Phi) is 3.65. The van der Waals surface area contributed by atoms with Crippen molar-refractivity contribution in [3.05, 3.63) is 0 Å². The summed E-state index contributed by atoms with van der Waals surface area (Å²) in [6, 6.07) is 0.125. The Morgan fingerprint density at radius 2 is 1.73 bits per heavy atom. The second kappa shape index (κ2) is 5.14. The van der Waals surface area contributed by atoms with Crippen LogP contribution in [0.3, 0.4) is 0 Å². The molecule has 0 aliphatic heterocycles. The molecular weight excluding hydrogens is 282 g/mol. The van der Waals surface area contributed by atoms with E-state index in [1.165, 1.54) is 0 Å². The third kappa shape index (κ3) is 2.95. The lowest BCUT2D eigenvalue weighted by molar-refractivity contribution is -0.151. The molecule has 3 rings (SSSR count). The van der Waals surface area contributed by atoms with Crippen molar-refractivity contribution in [2.45, 2.75) is 70.9 Å². The van der Waals surface area contributed by atoms with Crippen LogP contribution in [-0.4, -0.2) is 28.8 Å². The van der Waals surface area contributed by atoms with Crippen LogP contribution in [0, 0.1) is 23.2 Å². The number of nitrogens with one attached hydrogen (secondary N) is 1. The average molecular weight is 309 g/mol. The molecule has 0 saturated heterocycles. The zero-order valence-corrected chi connectivity index (χ0v) is 13.7. The maximum absolute atomic E-state index is 12.0. The number of carboxylic acid groups (broad SMARTS) is 1. The Balaban J connectivity index is 1.66. The minimum atomic E-state index is -0.608. The van der Waals surface area contributed by atoms with Gasteiger partial charge in [-0.15, -0.1) is 0 Å². The first-order valence-electron chi connectivity index (χ1n) is 8.40. The molecular formula is C17H27NO4. The molecule has 5 nitrogen and oxygen atoms in total. The Hall–Kier alpha value is -1.26. The van der Waals surface area contributed by atoms with E-state index in [-0.39, 0.29) is 12.1 Å². The molecule has 5 unspecified atom stereocenters. The Labute approximate surface area is 131 Å². The fraction of sp³-hybridized carbons (Fsp3) is 0.882. The number of alkyl carbamates (subject to hydrolysis) is 1. The lowest BCUT2D eigenvalue weighted by Gasteiger charge is -2.35. The first kappa shape index (κ1) is 15.6. The van der Waals surface area contributed by atoms with Crippen molar-refractivity contribution < 1.29 is 19.4 Å². The van der Waals surface area contributed by atoms with Crippen LogP contribution in [0.5, 0.6) is 0 Å². The monoisotopic (exact) mass is 309 g/mol. The van der Waals surface area contributed by atoms with Crippen LogP contribution in [0.1, 0.15) is 59.3 Å². The van der Waals surface area contributed by atoms with E-state index >= 15 is 0 Å². The average Bonchev–Trinajstić information content (AvgIpc) is 2.52.